The fourth-order valence-corrected chi connectivity index (χ4v) is 0.916. The molecule has 0 aliphatic heterocycles. The van der Waals surface area contributed by atoms with Gasteiger partial charge in [0.05, 0.1) is 13.2 Å². The molecule has 1 rings (SSSR count). The fourth-order valence-electron chi connectivity index (χ4n) is 0.916. The molecule has 11 heavy (non-hydrogen) atoms. The molecule has 0 amide bonds. The quantitative estimate of drug-likeness (QED) is 0.609. The van der Waals surface area contributed by atoms with Crippen LogP contribution in [0.4, 0.5) is 0 Å². The predicted octanol–water partition coefficient (Wildman–Crippen LogP) is 0.640. The minimum Gasteiger partial charge on any atom is -0.395 e. The lowest BCUT2D eigenvalue weighted by atomic mass is 10.1. The lowest BCUT2D eigenvalue weighted by Crippen LogP contribution is -1.96. The van der Waals surface area contributed by atoms with Crippen molar-refractivity contribution in [1.82, 2.24) is 0 Å². The first kappa shape index (κ1) is 8.24. The minimum atomic E-state index is 0.0546. The summed E-state index contributed by atoms with van der Waals surface area (Å²) in [6, 6.07) is 0. The average Bonchev–Trinajstić information content (AvgIpc) is 2.28. The summed E-state index contributed by atoms with van der Waals surface area (Å²) >= 11 is 0. The second-order valence-corrected chi connectivity index (χ2v) is 2.49. The highest BCUT2D eigenvalue weighted by Crippen LogP contribution is 2.08. The van der Waals surface area contributed by atoms with E-state index in [0.29, 0.717) is 0 Å². The Kier molecular flexibility index (Phi) is 3.08. The first-order valence-corrected chi connectivity index (χ1v) is 3.64. The summed E-state index contributed by atoms with van der Waals surface area (Å²) in [5, 5.41) is 17.5. The van der Waals surface area contributed by atoms with Crippen molar-refractivity contribution in [3.05, 3.63) is 36.0 Å². The van der Waals surface area contributed by atoms with Crippen LogP contribution in [0.3, 0.4) is 0 Å². The number of allylic oxidation sites excluding steroid dienone is 2. The van der Waals surface area contributed by atoms with Gasteiger partial charge in [-0.05, 0) is 5.57 Å². The summed E-state index contributed by atoms with van der Waals surface area (Å²) in [7, 11) is 0. The van der Waals surface area contributed by atoms with E-state index in [1.807, 2.05) is 30.4 Å². The Balaban J connectivity index is 2.66. The Hall–Kier alpha value is -0.860. The van der Waals surface area contributed by atoms with Crippen LogP contribution in [0.2, 0.25) is 0 Å². The van der Waals surface area contributed by atoms with Gasteiger partial charge in [-0.15, -0.1) is 0 Å². The Morgan fingerprint density at radius 2 is 2.09 bits per heavy atom. The van der Waals surface area contributed by atoms with E-state index < -0.39 is 0 Å². The Bertz CT molecular complexity index is 202. The van der Waals surface area contributed by atoms with Crippen LogP contribution in [0.1, 0.15) is 0 Å². The molecule has 1 aliphatic rings. The van der Waals surface area contributed by atoms with E-state index in [-0.39, 0.29) is 19.1 Å². The molecule has 1 aliphatic carbocycles. The monoisotopic (exact) mass is 152 g/mol. The standard InChI is InChI=1S/C9H12O2/c10-6-8-2-1-3-9(7-11)5-4-8/h1-5,8,10-11H,6-7H2. The zero-order valence-electron chi connectivity index (χ0n) is 6.27. The molecule has 0 aromatic rings. The fraction of sp³-hybridized carbons (Fsp3) is 0.333. The summed E-state index contributed by atoms with van der Waals surface area (Å²) in [4.78, 5) is 0. The molecule has 0 radical (unpaired) electrons. The molecule has 0 bridgehead atoms. The first-order chi connectivity index (χ1) is 5.36. The molecule has 0 aromatic carbocycles. The lowest BCUT2D eigenvalue weighted by Gasteiger charge is -1.98. The molecule has 2 heteroatoms. The molecule has 0 spiro atoms. The molecule has 60 valence electrons. The van der Waals surface area contributed by atoms with E-state index in [1.54, 1.807) is 0 Å². The molecule has 1 atom stereocenters. The van der Waals surface area contributed by atoms with E-state index in [2.05, 4.69) is 0 Å². The summed E-state index contributed by atoms with van der Waals surface area (Å²) in [6.07, 6.45) is 9.31. The summed E-state index contributed by atoms with van der Waals surface area (Å²) in [5.74, 6) is 0.0929. The zero-order valence-corrected chi connectivity index (χ0v) is 6.27. The van der Waals surface area contributed by atoms with Crippen LogP contribution in [-0.2, 0) is 0 Å². The van der Waals surface area contributed by atoms with Crippen molar-refractivity contribution in [2.45, 2.75) is 0 Å². The number of aliphatic hydroxyl groups is 2. The largest absolute Gasteiger partial charge is 0.395 e. The van der Waals surface area contributed by atoms with Gasteiger partial charge in [0.15, 0.2) is 0 Å². The summed E-state index contributed by atoms with van der Waals surface area (Å²) in [5.41, 5.74) is 0.872. The van der Waals surface area contributed by atoms with Crippen molar-refractivity contribution in [2.24, 2.45) is 5.92 Å². The van der Waals surface area contributed by atoms with Crippen molar-refractivity contribution in [3.8, 4) is 0 Å². The summed E-state index contributed by atoms with van der Waals surface area (Å²) < 4.78 is 0. The van der Waals surface area contributed by atoms with Crippen LogP contribution in [0.15, 0.2) is 36.0 Å². The van der Waals surface area contributed by atoms with Gasteiger partial charge in [0, 0.05) is 5.92 Å². The molecular weight excluding hydrogens is 140 g/mol. The Morgan fingerprint density at radius 1 is 1.27 bits per heavy atom. The van der Waals surface area contributed by atoms with Crippen molar-refractivity contribution in [3.63, 3.8) is 0 Å². The Labute approximate surface area is 66.2 Å². The topological polar surface area (TPSA) is 40.5 Å². The van der Waals surface area contributed by atoms with E-state index in [9.17, 15) is 0 Å². The van der Waals surface area contributed by atoms with E-state index >= 15 is 0 Å². The normalized spacial score (nSPS) is 23.1. The maximum atomic E-state index is 8.79. The van der Waals surface area contributed by atoms with Gasteiger partial charge in [0.25, 0.3) is 0 Å². The van der Waals surface area contributed by atoms with Gasteiger partial charge in [0.1, 0.15) is 0 Å². The molecule has 2 nitrogen and oxygen atoms in total. The smallest absolute Gasteiger partial charge is 0.0681 e. The van der Waals surface area contributed by atoms with Crippen LogP contribution in [0.25, 0.3) is 0 Å². The number of hydrogen-bond acceptors (Lipinski definition) is 2. The van der Waals surface area contributed by atoms with Gasteiger partial charge in [-0.25, -0.2) is 0 Å². The molecule has 0 heterocycles. The highest BCUT2D eigenvalue weighted by molar-refractivity contribution is 5.28. The van der Waals surface area contributed by atoms with Crippen molar-refractivity contribution in [1.29, 1.82) is 0 Å². The highest BCUT2D eigenvalue weighted by Gasteiger charge is 1.99. The van der Waals surface area contributed by atoms with Crippen LogP contribution >= 0.6 is 0 Å². The second kappa shape index (κ2) is 4.11. The third-order valence-corrected chi connectivity index (χ3v) is 1.62. The molecule has 0 saturated heterocycles. The molecular formula is C9H12O2. The van der Waals surface area contributed by atoms with Gasteiger partial charge >= 0.3 is 0 Å². The average molecular weight is 152 g/mol. The SMILES string of the molecule is OCC1=CC=CC(CO)C=C1. The third kappa shape index (κ3) is 2.33. The van der Waals surface area contributed by atoms with E-state index in [1.165, 1.54) is 0 Å². The van der Waals surface area contributed by atoms with Gasteiger partial charge in [-0.3, -0.25) is 0 Å². The van der Waals surface area contributed by atoms with Gasteiger partial charge < -0.3 is 10.2 Å². The molecule has 1 unspecified atom stereocenters. The van der Waals surface area contributed by atoms with Crippen LogP contribution < -0.4 is 0 Å². The number of aliphatic hydroxyl groups excluding tert-OH is 2. The van der Waals surface area contributed by atoms with Crippen LogP contribution in [-0.4, -0.2) is 23.4 Å². The van der Waals surface area contributed by atoms with Crippen LogP contribution in [0.5, 0.6) is 0 Å². The first-order valence-electron chi connectivity index (χ1n) is 3.64. The van der Waals surface area contributed by atoms with Crippen molar-refractivity contribution >= 4 is 0 Å². The minimum absolute atomic E-state index is 0.0546. The highest BCUT2D eigenvalue weighted by atomic mass is 16.3. The molecule has 0 saturated carbocycles. The van der Waals surface area contributed by atoms with Crippen LogP contribution in [0, 0.1) is 5.92 Å². The molecule has 2 N–H and O–H groups in total. The maximum absolute atomic E-state index is 8.79. The number of rotatable bonds is 2. The van der Waals surface area contributed by atoms with Crippen molar-refractivity contribution < 1.29 is 10.2 Å². The van der Waals surface area contributed by atoms with E-state index in [0.717, 1.165) is 5.57 Å². The predicted molar refractivity (Wildman–Crippen MR) is 44.0 cm³/mol. The number of hydrogen-bond donors (Lipinski definition) is 2. The second-order valence-electron chi connectivity index (χ2n) is 2.49. The lowest BCUT2D eigenvalue weighted by molar-refractivity contribution is 0.274. The van der Waals surface area contributed by atoms with Gasteiger partial charge in [-0.1, -0.05) is 30.4 Å². The zero-order chi connectivity index (χ0) is 8.10. The molecule has 0 fully saturated rings. The maximum Gasteiger partial charge on any atom is 0.0681 e. The molecule has 0 aromatic heterocycles. The third-order valence-electron chi connectivity index (χ3n) is 1.62. The van der Waals surface area contributed by atoms with Gasteiger partial charge in [-0.2, -0.15) is 0 Å². The van der Waals surface area contributed by atoms with E-state index in [4.69, 9.17) is 10.2 Å². The van der Waals surface area contributed by atoms with Gasteiger partial charge in [0.2, 0.25) is 0 Å². The van der Waals surface area contributed by atoms with Crippen molar-refractivity contribution in [2.75, 3.05) is 13.2 Å². The Morgan fingerprint density at radius 3 is 2.73 bits per heavy atom. The summed E-state index contributed by atoms with van der Waals surface area (Å²) in [6.45, 7) is 0.179.